The maximum absolute atomic E-state index is 12.3. The Morgan fingerprint density at radius 1 is 1.36 bits per heavy atom. The van der Waals surface area contributed by atoms with Gasteiger partial charge in [-0.1, -0.05) is 0 Å². The number of piperidine rings is 1. The number of carbonyl (C=O) groups excluding carboxylic acids is 2. The predicted molar refractivity (Wildman–Crippen MR) is 88.9 cm³/mol. The number of rotatable bonds is 4. The van der Waals surface area contributed by atoms with Gasteiger partial charge in [-0.3, -0.25) is 4.79 Å². The lowest BCUT2D eigenvalue weighted by Gasteiger charge is -2.30. The van der Waals surface area contributed by atoms with E-state index in [-0.39, 0.29) is 11.9 Å². The van der Waals surface area contributed by atoms with E-state index in [0.29, 0.717) is 6.54 Å². The zero-order valence-electron chi connectivity index (χ0n) is 13.6. The molecule has 0 aliphatic carbocycles. The molecule has 2 rings (SSSR count). The van der Waals surface area contributed by atoms with Crippen molar-refractivity contribution in [3.63, 3.8) is 0 Å². The zero-order chi connectivity index (χ0) is 16.1. The van der Waals surface area contributed by atoms with Crippen LogP contribution in [0.1, 0.15) is 36.6 Å². The van der Waals surface area contributed by atoms with Crippen LogP contribution in [0.3, 0.4) is 0 Å². The van der Waals surface area contributed by atoms with Crippen LogP contribution in [0.15, 0.2) is 11.4 Å². The first-order valence-electron chi connectivity index (χ1n) is 7.82. The van der Waals surface area contributed by atoms with Gasteiger partial charge in [0.2, 0.25) is 5.91 Å². The molecule has 1 atom stereocenters. The molecule has 3 amide bonds. The van der Waals surface area contributed by atoms with E-state index in [4.69, 9.17) is 0 Å². The molecule has 0 bridgehead atoms. The summed E-state index contributed by atoms with van der Waals surface area (Å²) in [5, 5.41) is 4.84. The third-order valence-corrected chi connectivity index (χ3v) is 5.08. The highest BCUT2D eigenvalue weighted by Crippen LogP contribution is 2.17. The highest BCUT2D eigenvalue weighted by molar-refractivity contribution is 7.10. The van der Waals surface area contributed by atoms with Crippen LogP contribution in [0.5, 0.6) is 0 Å². The molecule has 1 aromatic rings. The zero-order valence-corrected chi connectivity index (χ0v) is 14.4. The van der Waals surface area contributed by atoms with E-state index in [2.05, 4.69) is 5.32 Å². The smallest absolute Gasteiger partial charge is 0.318 e. The van der Waals surface area contributed by atoms with Crippen LogP contribution < -0.4 is 5.32 Å². The van der Waals surface area contributed by atoms with Crippen molar-refractivity contribution in [3.8, 4) is 0 Å². The average molecular weight is 323 g/mol. The van der Waals surface area contributed by atoms with Crippen molar-refractivity contribution in [3.05, 3.63) is 21.9 Å². The molecular formula is C16H25N3O2S. The van der Waals surface area contributed by atoms with Crippen LogP contribution in [-0.4, -0.2) is 47.9 Å². The van der Waals surface area contributed by atoms with E-state index < -0.39 is 6.04 Å². The van der Waals surface area contributed by atoms with Gasteiger partial charge in [0.05, 0.1) is 6.54 Å². The highest BCUT2D eigenvalue weighted by Gasteiger charge is 2.24. The summed E-state index contributed by atoms with van der Waals surface area (Å²) in [4.78, 5) is 29.2. The van der Waals surface area contributed by atoms with Gasteiger partial charge in [0.15, 0.2) is 0 Å². The first-order chi connectivity index (χ1) is 10.5. The number of likely N-dealkylation sites (tertiary alicyclic amines) is 1. The second-order valence-electron chi connectivity index (χ2n) is 5.94. The van der Waals surface area contributed by atoms with Crippen molar-refractivity contribution in [2.45, 2.75) is 45.7 Å². The first-order valence-corrected chi connectivity index (χ1v) is 8.70. The maximum Gasteiger partial charge on any atom is 0.318 e. The molecule has 2 heterocycles. The van der Waals surface area contributed by atoms with Crippen LogP contribution in [0.25, 0.3) is 0 Å². The van der Waals surface area contributed by atoms with Crippen LogP contribution in [0.4, 0.5) is 4.79 Å². The minimum Gasteiger partial charge on any atom is -0.341 e. The van der Waals surface area contributed by atoms with Gasteiger partial charge in [0, 0.05) is 25.0 Å². The van der Waals surface area contributed by atoms with Crippen LogP contribution >= 0.6 is 11.3 Å². The van der Waals surface area contributed by atoms with Gasteiger partial charge in [-0.15, -0.1) is 11.3 Å². The second kappa shape index (κ2) is 7.63. The summed E-state index contributed by atoms with van der Waals surface area (Å²) in [6, 6.07) is 1.37. The Morgan fingerprint density at radius 2 is 2.05 bits per heavy atom. The summed E-state index contributed by atoms with van der Waals surface area (Å²) in [5.41, 5.74) is 1.20. The number of nitrogens with one attached hydrogen (secondary N) is 1. The molecule has 0 aromatic carbocycles. The summed E-state index contributed by atoms with van der Waals surface area (Å²) in [6.07, 6.45) is 3.31. The van der Waals surface area contributed by atoms with Gasteiger partial charge in [-0.2, -0.15) is 0 Å². The van der Waals surface area contributed by atoms with E-state index >= 15 is 0 Å². The Kier molecular flexibility index (Phi) is 5.83. The highest BCUT2D eigenvalue weighted by atomic mass is 32.1. The number of aryl methyl sites for hydroxylation is 1. The van der Waals surface area contributed by atoms with Gasteiger partial charge in [0.1, 0.15) is 6.04 Å². The quantitative estimate of drug-likeness (QED) is 0.926. The number of thiophene rings is 1. The van der Waals surface area contributed by atoms with Crippen molar-refractivity contribution in [2.75, 3.05) is 20.1 Å². The van der Waals surface area contributed by atoms with Gasteiger partial charge in [0.25, 0.3) is 0 Å². The van der Waals surface area contributed by atoms with E-state index in [1.807, 2.05) is 23.3 Å². The van der Waals surface area contributed by atoms with Crippen molar-refractivity contribution in [1.82, 2.24) is 15.1 Å². The lowest BCUT2D eigenvalue weighted by Crippen LogP contribution is -2.51. The van der Waals surface area contributed by atoms with Crippen LogP contribution in [0.2, 0.25) is 0 Å². The van der Waals surface area contributed by atoms with Crippen LogP contribution in [0, 0.1) is 6.92 Å². The van der Waals surface area contributed by atoms with E-state index in [1.165, 1.54) is 16.9 Å². The van der Waals surface area contributed by atoms with E-state index in [9.17, 15) is 9.59 Å². The minimum atomic E-state index is -0.475. The number of hydrogen-bond donors (Lipinski definition) is 1. The molecule has 1 N–H and O–H groups in total. The first kappa shape index (κ1) is 16.8. The molecule has 1 saturated heterocycles. The molecule has 1 aliphatic heterocycles. The average Bonchev–Trinajstić information content (AvgIpc) is 2.92. The Balaban J connectivity index is 1.84. The number of hydrogen-bond acceptors (Lipinski definition) is 3. The van der Waals surface area contributed by atoms with Crippen molar-refractivity contribution in [2.24, 2.45) is 0 Å². The molecule has 1 aromatic heterocycles. The molecule has 1 fully saturated rings. The van der Waals surface area contributed by atoms with Gasteiger partial charge < -0.3 is 15.1 Å². The molecule has 0 radical (unpaired) electrons. The topological polar surface area (TPSA) is 52.7 Å². The second-order valence-corrected chi connectivity index (χ2v) is 6.94. The maximum atomic E-state index is 12.3. The van der Waals surface area contributed by atoms with Crippen molar-refractivity contribution >= 4 is 23.3 Å². The summed E-state index contributed by atoms with van der Waals surface area (Å²) in [6.45, 7) is 5.99. The molecule has 122 valence electrons. The van der Waals surface area contributed by atoms with Gasteiger partial charge >= 0.3 is 6.03 Å². The van der Waals surface area contributed by atoms with Gasteiger partial charge in [-0.05, 0) is 50.1 Å². The van der Waals surface area contributed by atoms with E-state index in [1.54, 1.807) is 30.2 Å². The molecule has 0 spiro atoms. The monoisotopic (exact) mass is 323 g/mol. The summed E-state index contributed by atoms with van der Waals surface area (Å²) >= 11 is 1.65. The Labute approximate surface area is 136 Å². The molecule has 1 aliphatic rings. The Hall–Kier alpha value is -1.56. The fourth-order valence-electron chi connectivity index (χ4n) is 2.60. The fourth-order valence-corrected chi connectivity index (χ4v) is 3.56. The SMILES string of the molecule is Cc1ccsc1CN(C)C(=O)N[C@@H](C)C(=O)N1CCCCC1. The summed E-state index contributed by atoms with van der Waals surface area (Å²) < 4.78 is 0. The molecule has 22 heavy (non-hydrogen) atoms. The Bertz CT molecular complexity index is 523. The molecule has 6 heteroatoms. The molecule has 0 saturated carbocycles. The number of urea groups is 1. The molecular weight excluding hydrogens is 298 g/mol. The number of carbonyl (C=O) groups is 2. The summed E-state index contributed by atoms with van der Waals surface area (Å²) in [5.74, 6) is 0.0220. The fraction of sp³-hybridized carbons (Fsp3) is 0.625. The Morgan fingerprint density at radius 3 is 2.64 bits per heavy atom. The van der Waals surface area contributed by atoms with Crippen LogP contribution in [-0.2, 0) is 11.3 Å². The number of amides is 3. The predicted octanol–water partition coefficient (Wildman–Crippen LogP) is 2.60. The van der Waals surface area contributed by atoms with E-state index in [0.717, 1.165) is 25.9 Å². The summed E-state index contributed by atoms with van der Waals surface area (Å²) in [7, 11) is 1.76. The lowest BCUT2D eigenvalue weighted by atomic mass is 10.1. The third kappa shape index (κ3) is 4.22. The minimum absolute atomic E-state index is 0.0220. The molecule has 0 unspecified atom stereocenters. The van der Waals surface area contributed by atoms with Gasteiger partial charge in [-0.25, -0.2) is 4.79 Å². The largest absolute Gasteiger partial charge is 0.341 e. The molecule has 5 nitrogen and oxygen atoms in total. The third-order valence-electron chi connectivity index (χ3n) is 4.07. The van der Waals surface area contributed by atoms with Crippen molar-refractivity contribution in [1.29, 1.82) is 0 Å². The normalized spacial score (nSPS) is 16.2. The van der Waals surface area contributed by atoms with Crippen molar-refractivity contribution < 1.29 is 9.59 Å². The number of nitrogens with zero attached hydrogens (tertiary/aromatic N) is 2. The standard InChI is InChI=1S/C16H25N3O2S/c1-12-7-10-22-14(12)11-18(3)16(21)17-13(2)15(20)19-8-5-4-6-9-19/h7,10,13H,4-6,8-9,11H2,1-3H3,(H,17,21)/t13-/m0/s1. The lowest BCUT2D eigenvalue weighted by molar-refractivity contribution is -0.133.